The van der Waals surface area contributed by atoms with E-state index in [1.165, 1.54) is 51.4 Å². The lowest BCUT2D eigenvalue weighted by Gasteiger charge is -2.29. The summed E-state index contributed by atoms with van der Waals surface area (Å²) in [6, 6.07) is 0.329. The topological polar surface area (TPSA) is 56.7 Å². The second-order valence-electron chi connectivity index (χ2n) is 8.74. The van der Waals surface area contributed by atoms with E-state index in [9.17, 15) is 4.79 Å². The maximum Gasteiger partial charge on any atom is 0.225 e. The van der Waals surface area contributed by atoms with E-state index in [-0.39, 0.29) is 29.9 Å². The summed E-state index contributed by atoms with van der Waals surface area (Å²) in [5.41, 5.74) is 0.455. The molecule has 1 unspecified atom stereocenters. The zero-order valence-electron chi connectivity index (χ0n) is 17.3. The fourth-order valence-electron chi connectivity index (χ4n) is 5.13. The van der Waals surface area contributed by atoms with Crippen molar-refractivity contribution in [3.05, 3.63) is 0 Å². The van der Waals surface area contributed by atoms with Crippen LogP contribution in [0.15, 0.2) is 4.99 Å². The first-order valence-corrected chi connectivity index (χ1v) is 10.9. The van der Waals surface area contributed by atoms with Crippen molar-refractivity contribution in [2.75, 3.05) is 26.7 Å². The largest absolute Gasteiger partial charge is 0.356 e. The van der Waals surface area contributed by atoms with Crippen molar-refractivity contribution >= 4 is 35.8 Å². The SMILES string of the molecule is CCC1(CNC(=NC)NC2CCN(C(=O)C3CCCCC3)C2)CCCC1.I. The molecule has 0 aromatic carbocycles. The van der Waals surface area contributed by atoms with Crippen molar-refractivity contribution in [1.29, 1.82) is 0 Å². The lowest BCUT2D eigenvalue weighted by atomic mass is 9.83. The van der Waals surface area contributed by atoms with Crippen LogP contribution in [0.3, 0.4) is 0 Å². The Labute approximate surface area is 182 Å². The van der Waals surface area contributed by atoms with Gasteiger partial charge in [-0.3, -0.25) is 9.79 Å². The smallest absolute Gasteiger partial charge is 0.225 e. The first-order chi connectivity index (χ1) is 12.7. The Bertz CT molecular complexity index is 498. The van der Waals surface area contributed by atoms with Gasteiger partial charge in [-0.05, 0) is 43.9 Å². The van der Waals surface area contributed by atoms with E-state index in [1.54, 1.807) is 0 Å². The molecule has 1 saturated heterocycles. The fraction of sp³-hybridized carbons (Fsp3) is 0.905. The molecule has 0 radical (unpaired) electrons. The number of guanidine groups is 1. The van der Waals surface area contributed by atoms with Crippen LogP contribution in [-0.4, -0.2) is 49.5 Å². The van der Waals surface area contributed by atoms with Gasteiger partial charge in [0.25, 0.3) is 0 Å². The summed E-state index contributed by atoms with van der Waals surface area (Å²) in [5, 5.41) is 7.14. The van der Waals surface area contributed by atoms with Crippen LogP contribution in [0, 0.1) is 11.3 Å². The summed E-state index contributed by atoms with van der Waals surface area (Å²) in [6.45, 7) is 5.05. The summed E-state index contributed by atoms with van der Waals surface area (Å²) in [6.07, 6.45) is 13.6. The number of rotatable bonds is 5. The molecule has 1 atom stereocenters. The van der Waals surface area contributed by atoms with Crippen LogP contribution in [-0.2, 0) is 4.79 Å². The number of amides is 1. The van der Waals surface area contributed by atoms with Gasteiger partial charge in [0, 0.05) is 38.6 Å². The van der Waals surface area contributed by atoms with Crippen LogP contribution >= 0.6 is 24.0 Å². The van der Waals surface area contributed by atoms with Crippen LogP contribution in [0.4, 0.5) is 0 Å². The third-order valence-corrected chi connectivity index (χ3v) is 7.06. The lowest BCUT2D eigenvalue weighted by molar-refractivity contribution is -0.135. The zero-order valence-corrected chi connectivity index (χ0v) is 19.6. The molecular formula is C21H39IN4O. The normalized spacial score (nSPS) is 25.9. The highest BCUT2D eigenvalue weighted by Crippen LogP contribution is 2.40. The van der Waals surface area contributed by atoms with Crippen molar-refractivity contribution in [3.8, 4) is 0 Å². The summed E-state index contributed by atoms with van der Waals surface area (Å²) < 4.78 is 0. The maximum absolute atomic E-state index is 12.7. The third kappa shape index (κ3) is 5.97. The van der Waals surface area contributed by atoms with Gasteiger partial charge >= 0.3 is 0 Å². The Morgan fingerprint density at radius 1 is 1.11 bits per heavy atom. The third-order valence-electron chi connectivity index (χ3n) is 7.06. The summed E-state index contributed by atoms with van der Waals surface area (Å²) in [4.78, 5) is 19.3. The molecule has 2 N–H and O–H groups in total. The molecule has 0 bridgehead atoms. The van der Waals surface area contributed by atoms with E-state index >= 15 is 0 Å². The van der Waals surface area contributed by atoms with Gasteiger partial charge in [-0.2, -0.15) is 0 Å². The molecule has 3 rings (SSSR count). The molecule has 0 spiro atoms. The van der Waals surface area contributed by atoms with Gasteiger partial charge in [0.05, 0.1) is 0 Å². The number of nitrogens with zero attached hydrogens (tertiary/aromatic N) is 2. The molecule has 1 heterocycles. The summed E-state index contributed by atoms with van der Waals surface area (Å²) in [7, 11) is 1.85. The van der Waals surface area contributed by atoms with Crippen LogP contribution in [0.5, 0.6) is 0 Å². The van der Waals surface area contributed by atoms with Crippen molar-refractivity contribution in [2.45, 2.75) is 83.6 Å². The minimum Gasteiger partial charge on any atom is -0.356 e. The first-order valence-electron chi connectivity index (χ1n) is 10.9. The molecule has 1 aliphatic heterocycles. The van der Waals surface area contributed by atoms with Crippen molar-refractivity contribution in [2.24, 2.45) is 16.3 Å². The van der Waals surface area contributed by atoms with E-state index in [4.69, 9.17) is 0 Å². The Balaban J connectivity index is 0.00000261. The molecule has 0 aromatic rings. The summed E-state index contributed by atoms with van der Waals surface area (Å²) in [5.74, 6) is 1.58. The Hall–Kier alpha value is -0.530. The number of hydrogen-bond donors (Lipinski definition) is 2. The predicted octanol–water partition coefficient (Wildman–Crippen LogP) is 3.92. The van der Waals surface area contributed by atoms with Crippen LogP contribution in [0.25, 0.3) is 0 Å². The molecule has 3 fully saturated rings. The molecule has 6 heteroatoms. The quantitative estimate of drug-likeness (QED) is 0.349. The minimum absolute atomic E-state index is 0. The number of likely N-dealkylation sites (tertiary alicyclic amines) is 1. The molecule has 27 heavy (non-hydrogen) atoms. The highest BCUT2D eigenvalue weighted by molar-refractivity contribution is 14.0. The second-order valence-corrected chi connectivity index (χ2v) is 8.74. The highest BCUT2D eigenvalue weighted by atomic mass is 127. The number of carbonyl (C=O) groups is 1. The molecule has 3 aliphatic rings. The van der Waals surface area contributed by atoms with E-state index in [1.807, 2.05) is 7.05 Å². The molecule has 5 nitrogen and oxygen atoms in total. The molecular weight excluding hydrogens is 451 g/mol. The second kappa shape index (κ2) is 10.9. The summed E-state index contributed by atoms with van der Waals surface area (Å²) >= 11 is 0. The van der Waals surface area contributed by atoms with Gasteiger partial charge in [0.1, 0.15) is 0 Å². The van der Waals surface area contributed by atoms with E-state index in [0.717, 1.165) is 44.9 Å². The highest BCUT2D eigenvalue weighted by Gasteiger charge is 2.33. The molecule has 0 aromatic heterocycles. The average Bonchev–Trinajstić information content (AvgIpc) is 3.35. The Kier molecular flexibility index (Phi) is 9.16. The predicted molar refractivity (Wildman–Crippen MR) is 123 cm³/mol. The zero-order chi connectivity index (χ0) is 18.4. The number of carbonyl (C=O) groups excluding carboxylic acids is 1. The first kappa shape index (κ1) is 22.8. The van der Waals surface area contributed by atoms with Gasteiger partial charge in [-0.1, -0.05) is 39.0 Å². The number of nitrogens with one attached hydrogen (secondary N) is 2. The number of halogens is 1. The van der Waals surface area contributed by atoms with Crippen LogP contribution in [0.2, 0.25) is 0 Å². The number of aliphatic imine (C=N–C) groups is 1. The Morgan fingerprint density at radius 3 is 2.44 bits per heavy atom. The molecule has 2 saturated carbocycles. The standard InChI is InChI=1S/C21H38N4O.HI/c1-3-21(12-7-8-13-21)16-23-20(22-2)24-18-11-14-25(15-18)19(26)17-9-5-4-6-10-17;/h17-18H,3-16H2,1-2H3,(H2,22,23,24);1H. The van der Waals surface area contributed by atoms with Gasteiger partial charge in [0.2, 0.25) is 5.91 Å². The van der Waals surface area contributed by atoms with Crippen molar-refractivity contribution < 1.29 is 4.79 Å². The van der Waals surface area contributed by atoms with Crippen LogP contribution in [0.1, 0.15) is 77.6 Å². The fourth-order valence-corrected chi connectivity index (χ4v) is 5.13. The van der Waals surface area contributed by atoms with Crippen LogP contribution < -0.4 is 10.6 Å². The average molecular weight is 490 g/mol. The van der Waals surface area contributed by atoms with Crippen molar-refractivity contribution in [3.63, 3.8) is 0 Å². The monoisotopic (exact) mass is 490 g/mol. The molecule has 156 valence electrons. The minimum atomic E-state index is 0. The number of hydrogen-bond acceptors (Lipinski definition) is 2. The van der Waals surface area contributed by atoms with E-state index in [2.05, 4.69) is 27.4 Å². The maximum atomic E-state index is 12.7. The molecule has 1 amide bonds. The van der Waals surface area contributed by atoms with Crippen molar-refractivity contribution in [1.82, 2.24) is 15.5 Å². The Morgan fingerprint density at radius 2 is 1.81 bits per heavy atom. The van der Waals surface area contributed by atoms with Gasteiger partial charge in [-0.15, -0.1) is 24.0 Å². The van der Waals surface area contributed by atoms with Gasteiger partial charge in [-0.25, -0.2) is 0 Å². The van der Waals surface area contributed by atoms with Gasteiger partial charge in [0.15, 0.2) is 5.96 Å². The van der Waals surface area contributed by atoms with E-state index < -0.39 is 0 Å². The van der Waals surface area contributed by atoms with E-state index in [0.29, 0.717) is 17.4 Å². The lowest BCUT2D eigenvalue weighted by Crippen LogP contribution is -2.48. The van der Waals surface area contributed by atoms with Gasteiger partial charge < -0.3 is 15.5 Å². The molecule has 2 aliphatic carbocycles.